The predicted octanol–water partition coefficient (Wildman–Crippen LogP) is 3.01. The van der Waals surface area contributed by atoms with Gasteiger partial charge in [0, 0.05) is 6.54 Å². The van der Waals surface area contributed by atoms with E-state index in [1.807, 2.05) is 19.9 Å². The number of nitrogens with zero attached hydrogens (tertiary/aromatic N) is 1. The van der Waals surface area contributed by atoms with Gasteiger partial charge in [-0.15, -0.1) is 0 Å². The van der Waals surface area contributed by atoms with E-state index in [1.54, 1.807) is 0 Å². The lowest BCUT2D eigenvalue weighted by molar-refractivity contribution is 0.727. The molecule has 0 saturated heterocycles. The van der Waals surface area contributed by atoms with Gasteiger partial charge in [0.15, 0.2) is 5.13 Å². The van der Waals surface area contributed by atoms with E-state index in [-0.39, 0.29) is 0 Å². The second-order valence-electron chi connectivity index (χ2n) is 3.13. The molecule has 1 aromatic heterocycles. The van der Waals surface area contributed by atoms with Gasteiger partial charge in [-0.3, -0.25) is 0 Å². The average molecular weight is 237 g/mol. The van der Waals surface area contributed by atoms with Crippen molar-refractivity contribution in [3.05, 3.63) is 23.8 Å². The lowest BCUT2D eigenvalue weighted by Gasteiger charge is -2.00. The van der Waals surface area contributed by atoms with Gasteiger partial charge in [-0.25, -0.2) is 4.98 Å². The maximum absolute atomic E-state index is 5.63. The van der Waals surface area contributed by atoms with Crippen molar-refractivity contribution in [3.8, 4) is 0 Å². The summed E-state index contributed by atoms with van der Waals surface area (Å²) in [5.74, 6) is 0. The third-order valence-corrected chi connectivity index (χ3v) is 2.90. The van der Waals surface area contributed by atoms with Crippen molar-refractivity contribution in [1.29, 1.82) is 0 Å². The van der Waals surface area contributed by atoms with Crippen molar-refractivity contribution < 1.29 is 0 Å². The van der Waals surface area contributed by atoms with Crippen LogP contribution in [-0.4, -0.2) is 11.5 Å². The highest BCUT2D eigenvalue weighted by atomic mass is 32.1. The summed E-state index contributed by atoms with van der Waals surface area (Å²) < 4.78 is 1.16. The van der Waals surface area contributed by atoms with Gasteiger partial charge in [-0.1, -0.05) is 38.2 Å². The number of nitrogen functional groups attached to an aromatic ring is 1. The molecule has 16 heavy (non-hydrogen) atoms. The first-order valence-electron chi connectivity index (χ1n) is 5.65. The molecule has 0 aliphatic carbocycles. The number of aromatic nitrogens is 1. The number of benzene rings is 1. The molecule has 0 unspecified atom stereocenters. The highest BCUT2D eigenvalue weighted by Crippen LogP contribution is 2.24. The van der Waals surface area contributed by atoms with Crippen LogP contribution < -0.4 is 11.1 Å². The normalized spacial score (nSPS) is 9.94. The maximum atomic E-state index is 5.63. The highest BCUT2D eigenvalue weighted by Gasteiger charge is 2.01. The molecule has 1 heterocycles. The van der Waals surface area contributed by atoms with Crippen molar-refractivity contribution in [2.45, 2.75) is 27.3 Å². The lowest BCUT2D eigenvalue weighted by atomic mass is 10.2. The molecule has 88 valence electrons. The first-order chi connectivity index (χ1) is 7.79. The van der Waals surface area contributed by atoms with Crippen LogP contribution in [0, 0.1) is 0 Å². The fraction of sp³-hybridized carbons (Fsp3) is 0.417. The largest absolute Gasteiger partial charge is 0.375 e. The third kappa shape index (κ3) is 3.18. The maximum Gasteiger partial charge on any atom is 0.181 e. The molecule has 0 aliphatic rings. The summed E-state index contributed by atoms with van der Waals surface area (Å²) in [4.78, 5) is 4.21. The number of fused-ring (bicyclic) bond motifs is 1. The van der Waals surface area contributed by atoms with Crippen LogP contribution in [0.4, 0.5) is 5.13 Å². The fourth-order valence-corrected chi connectivity index (χ4v) is 2.16. The van der Waals surface area contributed by atoms with Gasteiger partial charge >= 0.3 is 0 Å². The molecular weight excluding hydrogens is 218 g/mol. The number of hydrogen-bond acceptors (Lipinski definition) is 4. The lowest BCUT2D eigenvalue weighted by Crippen LogP contribution is -2.11. The molecule has 0 spiro atoms. The van der Waals surface area contributed by atoms with Crippen LogP contribution in [0.15, 0.2) is 18.2 Å². The molecule has 0 bridgehead atoms. The zero-order chi connectivity index (χ0) is 12.0. The minimum Gasteiger partial charge on any atom is -0.375 e. The van der Waals surface area contributed by atoms with E-state index in [0.717, 1.165) is 23.3 Å². The molecule has 0 radical (unpaired) electrons. The van der Waals surface area contributed by atoms with Gasteiger partial charge in [0.05, 0.1) is 10.2 Å². The zero-order valence-electron chi connectivity index (χ0n) is 10.1. The molecule has 2 aromatic rings. The molecule has 0 fully saturated rings. The van der Waals surface area contributed by atoms with Crippen molar-refractivity contribution >= 4 is 26.7 Å². The third-order valence-electron chi connectivity index (χ3n) is 2.05. The highest BCUT2D eigenvalue weighted by molar-refractivity contribution is 7.22. The predicted molar refractivity (Wildman–Crippen MR) is 72.8 cm³/mol. The van der Waals surface area contributed by atoms with Crippen molar-refractivity contribution in [2.24, 2.45) is 0 Å². The Morgan fingerprint density at radius 2 is 2.12 bits per heavy atom. The van der Waals surface area contributed by atoms with Crippen molar-refractivity contribution in [3.63, 3.8) is 0 Å². The van der Waals surface area contributed by atoms with Gasteiger partial charge in [-0.05, 0) is 24.2 Å². The molecule has 0 aliphatic heterocycles. The Hall–Kier alpha value is -1.13. The number of thiazole rings is 1. The minimum atomic E-state index is 0.639. The fourth-order valence-electron chi connectivity index (χ4n) is 1.37. The summed E-state index contributed by atoms with van der Waals surface area (Å²) in [6.07, 6.45) is 0. The summed E-state index contributed by atoms with van der Waals surface area (Å²) >= 11 is 1.54. The Balaban J connectivity index is 0.000000606. The minimum absolute atomic E-state index is 0.639. The molecule has 0 atom stereocenters. The molecule has 1 aromatic carbocycles. The molecule has 0 saturated carbocycles. The van der Waals surface area contributed by atoms with Gasteiger partial charge < -0.3 is 11.1 Å². The quantitative estimate of drug-likeness (QED) is 0.862. The van der Waals surface area contributed by atoms with Gasteiger partial charge in [-0.2, -0.15) is 0 Å². The van der Waals surface area contributed by atoms with Crippen LogP contribution in [0.1, 0.15) is 26.3 Å². The van der Waals surface area contributed by atoms with Crippen LogP contribution >= 0.6 is 11.3 Å². The number of nitrogens with two attached hydrogens (primary N) is 1. The van der Waals surface area contributed by atoms with Crippen LogP contribution in [-0.2, 0) is 6.54 Å². The summed E-state index contributed by atoms with van der Waals surface area (Å²) in [5.41, 5.74) is 7.91. The molecule has 3 N–H and O–H groups in total. The monoisotopic (exact) mass is 237 g/mol. The first kappa shape index (κ1) is 12.9. The molecule has 0 amide bonds. The molecule has 4 heteroatoms. The standard InChI is InChI=1S/C10H13N3S.C2H6/c1-2-12-6-7-3-4-8-9(5-7)14-10(11)13-8;1-2/h3-5,12H,2,6H2,1H3,(H2,11,13);1-2H3. The van der Waals surface area contributed by atoms with Crippen LogP contribution in [0.2, 0.25) is 0 Å². The summed E-state index contributed by atoms with van der Waals surface area (Å²) in [6, 6.07) is 6.26. The summed E-state index contributed by atoms with van der Waals surface area (Å²) in [7, 11) is 0. The van der Waals surface area contributed by atoms with Crippen molar-refractivity contribution in [2.75, 3.05) is 12.3 Å². The SMILES string of the molecule is CC.CCNCc1ccc2nc(N)sc2c1. The van der Waals surface area contributed by atoms with Gasteiger partial charge in [0.25, 0.3) is 0 Å². The Morgan fingerprint density at radius 3 is 2.81 bits per heavy atom. The molecule has 2 rings (SSSR count). The van der Waals surface area contributed by atoms with Crippen LogP contribution in [0.25, 0.3) is 10.2 Å². The smallest absolute Gasteiger partial charge is 0.181 e. The molecule has 3 nitrogen and oxygen atoms in total. The van der Waals surface area contributed by atoms with Crippen LogP contribution in [0.5, 0.6) is 0 Å². The van der Waals surface area contributed by atoms with E-state index in [2.05, 4.69) is 29.4 Å². The van der Waals surface area contributed by atoms with E-state index in [4.69, 9.17) is 5.73 Å². The number of hydrogen-bond donors (Lipinski definition) is 2. The van der Waals surface area contributed by atoms with E-state index in [9.17, 15) is 0 Å². The van der Waals surface area contributed by atoms with E-state index >= 15 is 0 Å². The van der Waals surface area contributed by atoms with E-state index < -0.39 is 0 Å². The van der Waals surface area contributed by atoms with Crippen molar-refractivity contribution in [1.82, 2.24) is 10.3 Å². The Kier molecular flexibility index (Phi) is 5.22. The van der Waals surface area contributed by atoms with Crippen LogP contribution in [0.3, 0.4) is 0 Å². The second-order valence-corrected chi connectivity index (χ2v) is 4.20. The Bertz CT molecular complexity index is 437. The summed E-state index contributed by atoms with van der Waals surface area (Å²) in [5, 5.41) is 3.93. The molecular formula is C12H19N3S. The summed E-state index contributed by atoms with van der Waals surface area (Å²) in [6.45, 7) is 8.00. The van der Waals surface area contributed by atoms with E-state index in [1.165, 1.54) is 16.9 Å². The van der Waals surface area contributed by atoms with Gasteiger partial charge in [0.2, 0.25) is 0 Å². The number of anilines is 1. The Labute approximate surface area is 101 Å². The average Bonchev–Trinajstić information content (AvgIpc) is 2.68. The zero-order valence-corrected chi connectivity index (χ0v) is 10.9. The second kappa shape index (κ2) is 6.45. The number of nitrogens with one attached hydrogen (secondary N) is 1. The van der Waals surface area contributed by atoms with E-state index in [0.29, 0.717) is 5.13 Å². The number of rotatable bonds is 3. The Morgan fingerprint density at radius 1 is 1.38 bits per heavy atom. The topological polar surface area (TPSA) is 50.9 Å². The first-order valence-corrected chi connectivity index (χ1v) is 6.47. The van der Waals surface area contributed by atoms with Gasteiger partial charge in [0.1, 0.15) is 0 Å².